The predicted molar refractivity (Wildman–Crippen MR) is 147 cm³/mol. The van der Waals surface area contributed by atoms with E-state index in [1.54, 1.807) is 18.3 Å². The highest BCUT2D eigenvalue weighted by Gasteiger charge is 2.32. The van der Waals surface area contributed by atoms with Gasteiger partial charge in [0.25, 0.3) is 5.91 Å². The molecule has 5 heterocycles. The fraction of sp³-hybridized carbons (Fsp3) is 0.143. The highest BCUT2D eigenvalue weighted by molar-refractivity contribution is 6.36. The van der Waals surface area contributed by atoms with Crippen LogP contribution in [0.2, 0.25) is 0 Å². The predicted octanol–water partition coefficient (Wildman–Crippen LogP) is 5.07. The number of amides is 1. The highest BCUT2D eigenvalue weighted by Crippen LogP contribution is 2.37. The summed E-state index contributed by atoms with van der Waals surface area (Å²) in [4.78, 5) is 36.3. The Kier molecular flexibility index (Phi) is 6.33. The Morgan fingerprint density at radius 1 is 1.07 bits per heavy atom. The molecule has 4 aromatic rings. The molecule has 13 heteroatoms. The second-order valence-corrected chi connectivity index (χ2v) is 9.32. The summed E-state index contributed by atoms with van der Waals surface area (Å²) in [5.74, 6) is 0.861. The fourth-order valence-corrected chi connectivity index (χ4v) is 4.58. The summed E-state index contributed by atoms with van der Waals surface area (Å²) in [6.07, 6.45) is 2.87. The number of aromatic nitrogens is 4. The number of nitrogens with one attached hydrogen (secondary N) is 2. The van der Waals surface area contributed by atoms with Crippen LogP contribution in [-0.4, -0.2) is 49.9 Å². The molecule has 10 nitrogen and oxygen atoms in total. The van der Waals surface area contributed by atoms with E-state index in [9.17, 15) is 23.1 Å². The summed E-state index contributed by atoms with van der Waals surface area (Å²) >= 11 is 0. The first kappa shape index (κ1) is 25.9. The number of amidine groups is 1. The van der Waals surface area contributed by atoms with Crippen molar-refractivity contribution in [3.05, 3.63) is 89.1 Å². The zero-order valence-corrected chi connectivity index (χ0v) is 21.4. The number of aliphatic imine (C=N–C) groups is 1. The first-order valence-corrected chi connectivity index (χ1v) is 12.4. The summed E-state index contributed by atoms with van der Waals surface area (Å²) in [6, 6.07) is 8.22. The SMILES string of the molecule is Cc1ccc(NC(=O)c2cc(C(F)(F)F)ccn2)cc1C1=Cc2cnc(Nc3cnccc3O)nc2N2CCN=C12. The number of fused-ring (bicyclic) bond motifs is 3. The number of halogens is 3. The maximum atomic E-state index is 13.1. The van der Waals surface area contributed by atoms with Crippen molar-refractivity contribution in [2.45, 2.75) is 13.1 Å². The van der Waals surface area contributed by atoms with Crippen LogP contribution in [0.25, 0.3) is 11.6 Å². The van der Waals surface area contributed by atoms with E-state index in [2.05, 4.69) is 30.6 Å². The van der Waals surface area contributed by atoms with Crippen molar-refractivity contribution in [2.75, 3.05) is 28.6 Å². The number of pyridine rings is 2. The Morgan fingerprint density at radius 3 is 2.73 bits per heavy atom. The van der Waals surface area contributed by atoms with E-state index < -0.39 is 17.6 Å². The van der Waals surface area contributed by atoms with Crippen molar-refractivity contribution in [3.63, 3.8) is 0 Å². The number of carbonyl (C=O) groups is 1. The number of anilines is 4. The lowest BCUT2D eigenvalue weighted by Gasteiger charge is -2.28. The first-order chi connectivity index (χ1) is 19.7. The van der Waals surface area contributed by atoms with Crippen molar-refractivity contribution in [2.24, 2.45) is 4.99 Å². The maximum Gasteiger partial charge on any atom is 0.416 e. The van der Waals surface area contributed by atoms with Gasteiger partial charge in [0.15, 0.2) is 0 Å². The third-order valence-electron chi connectivity index (χ3n) is 6.58. The number of carbonyl (C=O) groups excluding carboxylic acids is 1. The Labute approximate surface area is 231 Å². The monoisotopic (exact) mass is 558 g/mol. The van der Waals surface area contributed by atoms with Gasteiger partial charge in [0.2, 0.25) is 5.95 Å². The summed E-state index contributed by atoms with van der Waals surface area (Å²) in [6.45, 7) is 3.04. The van der Waals surface area contributed by atoms with Crippen LogP contribution in [0, 0.1) is 6.92 Å². The molecule has 1 amide bonds. The molecule has 3 aromatic heterocycles. The number of alkyl halides is 3. The van der Waals surface area contributed by atoms with Gasteiger partial charge in [0.1, 0.15) is 28.8 Å². The van der Waals surface area contributed by atoms with Gasteiger partial charge in [-0.3, -0.25) is 19.8 Å². The van der Waals surface area contributed by atoms with Gasteiger partial charge in [-0.05, 0) is 48.4 Å². The number of rotatable bonds is 5. The molecule has 41 heavy (non-hydrogen) atoms. The molecule has 206 valence electrons. The number of aromatic hydroxyl groups is 1. The number of nitrogens with zero attached hydrogens (tertiary/aromatic N) is 6. The van der Waals surface area contributed by atoms with E-state index in [1.165, 1.54) is 18.5 Å². The Balaban J connectivity index is 1.31. The molecule has 0 fully saturated rings. The Morgan fingerprint density at radius 2 is 1.93 bits per heavy atom. The average Bonchev–Trinajstić information content (AvgIpc) is 3.45. The lowest BCUT2D eigenvalue weighted by Crippen LogP contribution is -2.32. The molecule has 0 radical (unpaired) electrons. The molecule has 0 aliphatic carbocycles. The van der Waals surface area contributed by atoms with Crippen LogP contribution >= 0.6 is 0 Å². The first-order valence-electron chi connectivity index (χ1n) is 12.4. The van der Waals surface area contributed by atoms with Crippen molar-refractivity contribution in [1.29, 1.82) is 0 Å². The molecule has 0 unspecified atom stereocenters. The molecule has 3 N–H and O–H groups in total. The maximum absolute atomic E-state index is 13.1. The number of hydrogen-bond donors (Lipinski definition) is 3. The van der Waals surface area contributed by atoms with Crippen LogP contribution in [-0.2, 0) is 6.18 Å². The highest BCUT2D eigenvalue weighted by atomic mass is 19.4. The molecular formula is C28H21F3N8O2. The van der Waals surface area contributed by atoms with Gasteiger partial charge in [-0.25, -0.2) is 4.98 Å². The topological polar surface area (TPSA) is 129 Å². The van der Waals surface area contributed by atoms with Gasteiger partial charge < -0.3 is 20.6 Å². The van der Waals surface area contributed by atoms with E-state index in [0.29, 0.717) is 36.1 Å². The minimum Gasteiger partial charge on any atom is -0.506 e. The van der Waals surface area contributed by atoms with Gasteiger partial charge in [-0.1, -0.05) is 6.07 Å². The fourth-order valence-electron chi connectivity index (χ4n) is 4.58. The standard InChI is InChI=1S/C28H21F3N8O2/c1-15-2-3-18(36-26(41)21-11-17(4-7-33-21)28(29,30)31)12-19(15)20-10-16-13-35-27(37-22-14-32-6-5-23(22)40)38-24(16)39-9-8-34-25(20)39/h2-7,10-14H,8-9H2,1H3,(H,32,40)(H,36,41)(H,35,37,38). The largest absolute Gasteiger partial charge is 0.506 e. The van der Waals surface area contributed by atoms with Crippen LogP contribution in [0.4, 0.5) is 36.3 Å². The van der Waals surface area contributed by atoms with Crippen LogP contribution < -0.4 is 15.5 Å². The molecule has 1 aromatic carbocycles. The minimum absolute atomic E-state index is 0.0122. The molecule has 6 rings (SSSR count). The smallest absolute Gasteiger partial charge is 0.416 e. The van der Waals surface area contributed by atoms with Crippen LogP contribution in [0.5, 0.6) is 5.75 Å². The molecule has 2 aliphatic heterocycles. The quantitative estimate of drug-likeness (QED) is 0.310. The second-order valence-electron chi connectivity index (χ2n) is 9.32. The van der Waals surface area contributed by atoms with Crippen molar-refractivity contribution in [1.82, 2.24) is 19.9 Å². The lowest BCUT2D eigenvalue weighted by atomic mass is 9.94. The summed E-state index contributed by atoms with van der Waals surface area (Å²) in [7, 11) is 0. The molecule has 0 spiro atoms. The second kappa shape index (κ2) is 10.0. The van der Waals surface area contributed by atoms with Crippen LogP contribution in [0.15, 0.2) is 66.2 Å². The number of hydrogen-bond acceptors (Lipinski definition) is 9. The zero-order chi connectivity index (χ0) is 28.7. The summed E-state index contributed by atoms with van der Waals surface area (Å²) in [5.41, 5.74) is 2.65. The summed E-state index contributed by atoms with van der Waals surface area (Å²) in [5, 5.41) is 15.7. The molecule has 0 atom stereocenters. The van der Waals surface area contributed by atoms with E-state index in [-0.39, 0.29) is 17.4 Å². The number of benzene rings is 1. The van der Waals surface area contributed by atoms with E-state index in [4.69, 9.17) is 4.99 Å². The Bertz CT molecular complexity index is 1750. The lowest BCUT2D eigenvalue weighted by molar-refractivity contribution is -0.137. The van der Waals surface area contributed by atoms with Gasteiger partial charge in [0.05, 0.1) is 18.3 Å². The minimum atomic E-state index is -4.59. The molecule has 2 aliphatic rings. The normalized spacial score (nSPS) is 14.1. The van der Waals surface area contributed by atoms with Crippen LogP contribution in [0.3, 0.4) is 0 Å². The molecule has 0 saturated carbocycles. The van der Waals surface area contributed by atoms with Crippen molar-refractivity contribution in [3.8, 4) is 5.75 Å². The van der Waals surface area contributed by atoms with E-state index >= 15 is 0 Å². The molecule has 0 bridgehead atoms. The van der Waals surface area contributed by atoms with E-state index in [0.717, 1.165) is 40.6 Å². The van der Waals surface area contributed by atoms with Crippen LogP contribution in [0.1, 0.15) is 32.7 Å². The van der Waals surface area contributed by atoms with Gasteiger partial charge in [-0.15, -0.1) is 0 Å². The zero-order valence-electron chi connectivity index (χ0n) is 21.4. The van der Waals surface area contributed by atoms with E-state index in [1.807, 2.05) is 24.0 Å². The molecular weight excluding hydrogens is 537 g/mol. The third-order valence-corrected chi connectivity index (χ3v) is 6.58. The van der Waals surface area contributed by atoms with Crippen molar-refractivity contribution >= 4 is 46.5 Å². The Hall–Kier alpha value is -5.33. The third kappa shape index (κ3) is 5.04. The number of aryl methyl sites for hydroxylation is 1. The summed E-state index contributed by atoms with van der Waals surface area (Å²) < 4.78 is 39.3. The van der Waals surface area contributed by atoms with Crippen molar-refractivity contribution < 1.29 is 23.1 Å². The van der Waals surface area contributed by atoms with Gasteiger partial charge in [0, 0.05) is 48.0 Å². The van der Waals surface area contributed by atoms with Gasteiger partial charge >= 0.3 is 6.18 Å². The van der Waals surface area contributed by atoms with Gasteiger partial charge in [-0.2, -0.15) is 18.2 Å². The molecule has 0 saturated heterocycles. The average molecular weight is 559 g/mol.